The molecule has 0 spiro atoms. The molecule has 1 amide bonds. The number of pyridine rings is 1. The van der Waals surface area contributed by atoms with Gasteiger partial charge in [-0.15, -0.1) is 0 Å². The molecule has 5 nitrogen and oxygen atoms in total. The zero-order chi connectivity index (χ0) is 16.6. The van der Waals surface area contributed by atoms with Crippen LogP contribution in [0.3, 0.4) is 0 Å². The third-order valence-electron chi connectivity index (χ3n) is 3.52. The zero-order valence-corrected chi connectivity index (χ0v) is 12.9. The minimum absolute atomic E-state index is 0.388. The Kier molecular flexibility index (Phi) is 3.92. The van der Waals surface area contributed by atoms with Crippen LogP contribution in [0.15, 0.2) is 42.6 Å². The highest BCUT2D eigenvalue weighted by Crippen LogP contribution is 2.35. The Labute approximate surface area is 136 Å². The van der Waals surface area contributed by atoms with E-state index in [0.717, 1.165) is 0 Å². The SMILES string of the molecule is CC(NC(=O)O)c1c(Cl)c2cccnc2n1-c1cccc(F)c1. The zero-order valence-electron chi connectivity index (χ0n) is 12.1. The van der Waals surface area contributed by atoms with Crippen LogP contribution in [-0.4, -0.2) is 20.8 Å². The molecule has 1 aromatic carbocycles. The number of halogens is 2. The molecule has 0 aliphatic heterocycles. The number of hydrogen-bond acceptors (Lipinski definition) is 2. The maximum absolute atomic E-state index is 13.6. The molecule has 0 bridgehead atoms. The van der Waals surface area contributed by atoms with Gasteiger partial charge < -0.3 is 10.4 Å². The number of carboxylic acid groups (broad SMARTS) is 1. The number of fused-ring (bicyclic) bond motifs is 1. The van der Waals surface area contributed by atoms with Gasteiger partial charge in [-0.1, -0.05) is 17.7 Å². The first kappa shape index (κ1) is 15.3. The number of carbonyl (C=O) groups is 1. The molecule has 0 aliphatic carbocycles. The van der Waals surface area contributed by atoms with E-state index in [0.29, 0.717) is 27.4 Å². The van der Waals surface area contributed by atoms with Crippen LogP contribution in [0.4, 0.5) is 9.18 Å². The van der Waals surface area contributed by atoms with Gasteiger partial charge in [0, 0.05) is 11.6 Å². The molecule has 1 unspecified atom stereocenters. The van der Waals surface area contributed by atoms with E-state index in [2.05, 4.69) is 10.3 Å². The number of nitrogens with one attached hydrogen (secondary N) is 1. The summed E-state index contributed by atoms with van der Waals surface area (Å²) in [6, 6.07) is 8.90. The molecular weight excluding hydrogens is 321 g/mol. The van der Waals surface area contributed by atoms with E-state index >= 15 is 0 Å². The lowest BCUT2D eigenvalue weighted by Crippen LogP contribution is -2.26. The van der Waals surface area contributed by atoms with Crippen molar-refractivity contribution in [2.45, 2.75) is 13.0 Å². The molecule has 2 aromatic heterocycles. The molecule has 3 aromatic rings. The molecule has 23 heavy (non-hydrogen) atoms. The third kappa shape index (κ3) is 2.73. The predicted molar refractivity (Wildman–Crippen MR) is 85.6 cm³/mol. The van der Waals surface area contributed by atoms with Crippen LogP contribution in [-0.2, 0) is 0 Å². The molecule has 7 heteroatoms. The van der Waals surface area contributed by atoms with Crippen LogP contribution in [0.1, 0.15) is 18.7 Å². The number of hydrogen-bond donors (Lipinski definition) is 2. The molecule has 0 fully saturated rings. The minimum Gasteiger partial charge on any atom is -0.465 e. The van der Waals surface area contributed by atoms with E-state index in [1.807, 2.05) is 0 Å². The smallest absolute Gasteiger partial charge is 0.405 e. The fourth-order valence-corrected chi connectivity index (χ4v) is 3.01. The van der Waals surface area contributed by atoms with Crippen molar-refractivity contribution in [3.05, 3.63) is 59.1 Å². The highest BCUT2D eigenvalue weighted by Gasteiger charge is 2.23. The van der Waals surface area contributed by atoms with E-state index in [4.69, 9.17) is 16.7 Å². The first-order valence-corrected chi connectivity index (χ1v) is 7.27. The summed E-state index contributed by atoms with van der Waals surface area (Å²) in [6.07, 6.45) is 0.436. The average Bonchev–Trinajstić information content (AvgIpc) is 2.80. The Morgan fingerprint density at radius 2 is 2.17 bits per heavy atom. The van der Waals surface area contributed by atoms with Crippen molar-refractivity contribution in [2.75, 3.05) is 0 Å². The van der Waals surface area contributed by atoms with E-state index in [1.54, 1.807) is 42.0 Å². The molecule has 118 valence electrons. The standard InChI is InChI=1S/C16H13ClFN3O2/c1-9(20-16(22)23)14-13(17)12-6-3-7-19-15(12)21(14)11-5-2-4-10(18)8-11/h2-9,20H,1H3,(H,22,23). The van der Waals surface area contributed by atoms with Crippen LogP contribution in [0, 0.1) is 5.82 Å². The quantitative estimate of drug-likeness (QED) is 0.756. The lowest BCUT2D eigenvalue weighted by atomic mass is 10.2. The minimum atomic E-state index is -1.17. The molecule has 0 radical (unpaired) electrons. The van der Waals surface area contributed by atoms with Crippen LogP contribution < -0.4 is 5.32 Å². The van der Waals surface area contributed by atoms with Crippen molar-refractivity contribution in [1.82, 2.24) is 14.9 Å². The monoisotopic (exact) mass is 333 g/mol. The van der Waals surface area contributed by atoms with E-state index in [9.17, 15) is 9.18 Å². The van der Waals surface area contributed by atoms with Crippen molar-refractivity contribution in [3.63, 3.8) is 0 Å². The second kappa shape index (κ2) is 5.89. The van der Waals surface area contributed by atoms with Crippen molar-refractivity contribution in [1.29, 1.82) is 0 Å². The predicted octanol–water partition coefficient (Wildman–Crippen LogP) is 4.15. The second-order valence-corrected chi connectivity index (χ2v) is 5.44. The van der Waals surface area contributed by atoms with E-state index in [-0.39, 0.29) is 0 Å². The van der Waals surface area contributed by atoms with Gasteiger partial charge >= 0.3 is 6.09 Å². The van der Waals surface area contributed by atoms with Gasteiger partial charge in [-0.05, 0) is 37.3 Å². The van der Waals surface area contributed by atoms with Crippen LogP contribution in [0.5, 0.6) is 0 Å². The first-order chi connectivity index (χ1) is 11.0. The topological polar surface area (TPSA) is 67.2 Å². The largest absolute Gasteiger partial charge is 0.465 e. The fraction of sp³-hybridized carbons (Fsp3) is 0.125. The molecule has 0 saturated heterocycles. The van der Waals surface area contributed by atoms with E-state index < -0.39 is 18.0 Å². The summed E-state index contributed by atoms with van der Waals surface area (Å²) in [5.74, 6) is -0.402. The summed E-state index contributed by atoms with van der Waals surface area (Å²) in [6.45, 7) is 1.67. The summed E-state index contributed by atoms with van der Waals surface area (Å²) < 4.78 is 15.3. The van der Waals surface area contributed by atoms with Crippen LogP contribution in [0.25, 0.3) is 16.7 Å². The summed E-state index contributed by atoms with van der Waals surface area (Å²) in [4.78, 5) is 15.3. The number of nitrogens with zero attached hydrogens (tertiary/aromatic N) is 2. The maximum Gasteiger partial charge on any atom is 0.405 e. The third-order valence-corrected chi connectivity index (χ3v) is 3.91. The van der Waals surface area contributed by atoms with E-state index in [1.165, 1.54) is 12.1 Å². The van der Waals surface area contributed by atoms with Gasteiger partial charge in [-0.2, -0.15) is 0 Å². The van der Waals surface area contributed by atoms with Gasteiger partial charge in [-0.3, -0.25) is 4.57 Å². The van der Waals surface area contributed by atoms with Crippen molar-refractivity contribution < 1.29 is 14.3 Å². The molecule has 2 N–H and O–H groups in total. The average molecular weight is 334 g/mol. The van der Waals surface area contributed by atoms with Crippen molar-refractivity contribution in [2.24, 2.45) is 0 Å². The molecule has 0 saturated carbocycles. The van der Waals surface area contributed by atoms with Crippen molar-refractivity contribution >= 4 is 28.7 Å². The highest BCUT2D eigenvalue weighted by atomic mass is 35.5. The molecule has 3 rings (SSSR count). The number of aromatic nitrogens is 2. The van der Waals surface area contributed by atoms with Crippen LogP contribution >= 0.6 is 11.6 Å². The highest BCUT2D eigenvalue weighted by molar-refractivity contribution is 6.36. The number of amides is 1. The van der Waals surface area contributed by atoms with Crippen LogP contribution in [0.2, 0.25) is 5.02 Å². The Bertz CT molecular complexity index is 894. The molecular formula is C16H13ClFN3O2. The summed E-state index contributed by atoms with van der Waals surface area (Å²) >= 11 is 6.44. The first-order valence-electron chi connectivity index (χ1n) is 6.89. The lowest BCUT2D eigenvalue weighted by Gasteiger charge is -2.16. The molecule has 0 aliphatic rings. The Morgan fingerprint density at radius 1 is 1.39 bits per heavy atom. The lowest BCUT2D eigenvalue weighted by molar-refractivity contribution is 0.190. The number of rotatable bonds is 3. The normalized spacial score (nSPS) is 12.3. The number of benzene rings is 1. The van der Waals surface area contributed by atoms with Gasteiger partial charge in [-0.25, -0.2) is 14.2 Å². The summed E-state index contributed by atoms with van der Waals surface area (Å²) in [5, 5.41) is 12.4. The van der Waals surface area contributed by atoms with Gasteiger partial charge in [0.15, 0.2) is 0 Å². The van der Waals surface area contributed by atoms with Gasteiger partial charge in [0.25, 0.3) is 0 Å². The van der Waals surface area contributed by atoms with Gasteiger partial charge in [0.05, 0.1) is 22.4 Å². The van der Waals surface area contributed by atoms with Gasteiger partial charge in [0.1, 0.15) is 11.5 Å². The maximum atomic E-state index is 13.6. The molecule has 2 heterocycles. The van der Waals surface area contributed by atoms with Crippen molar-refractivity contribution in [3.8, 4) is 5.69 Å². The Morgan fingerprint density at radius 3 is 2.87 bits per heavy atom. The molecule has 1 atom stereocenters. The Hall–Kier alpha value is -2.60. The second-order valence-electron chi connectivity index (χ2n) is 5.06. The van der Waals surface area contributed by atoms with Gasteiger partial charge in [0.2, 0.25) is 0 Å². The summed E-state index contributed by atoms with van der Waals surface area (Å²) in [7, 11) is 0. The Balaban J connectivity index is 2.31. The fourth-order valence-electron chi connectivity index (χ4n) is 2.61. The summed E-state index contributed by atoms with van der Waals surface area (Å²) in [5.41, 5.74) is 1.57.